The summed E-state index contributed by atoms with van der Waals surface area (Å²) in [5.74, 6) is -0.497. The Bertz CT molecular complexity index is 739. The second-order valence-electron chi connectivity index (χ2n) is 6.70. The lowest BCUT2D eigenvalue weighted by molar-refractivity contribution is -0.114. The van der Waals surface area contributed by atoms with Crippen LogP contribution in [0.4, 0.5) is 10.1 Å². The van der Waals surface area contributed by atoms with Crippen LogP contribution in [0.3, 0.4) is 0 Å². The van der Waals surface area contributed by atoms with Crippen LogP contribution in [-0.4, -0.2) is 36.5 Å². The van der Waals surface area contributed by atoms with Gasteiger partial charge < -0.3 is 9.80 Å². The molecule has 0 radical (unpaired) electrons. The van der Waals surface area contributed by atoms with E-state index in [1.165, 1.54) is 23.8 Å². The number of benzene rings is 2. The zero-order chi connectivity index (χ0) is 18.4. The summed E-state index contributed by atoms with van der Waals surface area (Å²) < 4.78 is 13.6. The van der Waals surface area contributed by atoms with Crippen LogP contribution in [-0.2, 0) is 11.2 Å². The largest absolute Gasteiger partial charge is 0.306 e. The van der Waals surface area contributed by atoms with Crippen molar-refractivity contribution < 1.29 is 9.18 Å². The highest BCUT2D eigenvalue weighted by Crippen LogP contribution is 2.25. The third kappa shape index (κ3) is 4.58. The van der Waals surface area contributed by atoms with Crippen molar-refractivity contribution in [3.63, 3.8) is 0 Å². The van der Waals surface area contributed by atoms with Crippen molar-refractivity contribution in [2.45, 2.75) is 25.3 Å². The third-order valence-corrected chi connectivity index (χ3v) is 4.98. The lowest BCUT2D eigenvalue weighted by atomic mass is 10.0. The first kappa shape index (κ1) is 18.3. The molecule has 1 fully saturated rings. The highest BCUT2D eigenvalue weighted by Gasteiger charge is 2.28. The van der Waals surface area contributed by atoms with Gasteiger partial charge in [-0.1, -0.05) is 43.0 Å². The molecule has 2 aromatic rings. The predicted octanol–water partition coefficient (Wildman–Crippen LogP) is 4.05. The summed E-state index contributed by atoms with van der Waals surface area (Å²) in [4.78, 5) is 16.5. The molecule has 1 heterocycles. The summed E-state index contributed by atoms with van der Waals surface area (Å²) in [7, 11) is 0. The second kappa shape index (κ2) is 8.77. The molecule has 0 spiro atoms. The van der Waals surface area contributed by atoms with Gasteiger partial charge in [0.15, 0.2) is 0 Å². The topological polar surface area (TPSA) is 23.6 Å². The number of carbonyl (C=O) groups is 1. The molecule has 0 saturated carbocycles. The van der Waals surface area contributed by atoms with Gasteiger partial charge in [0.1, 0.15) is 5.82 Å². The number of amides is 1. The van der Waals surface area contributed by atoms with Crippen LogP contribution in [0.1, 0.15) is 18.4 Å². The van der Waals surface area contributed by atoms with E-state index in [2.05, 4.69) is 35.7 Å². The monoisotopic (exact) mass is 352 g/mol. The maximum absolute atomic E-state index is 13.6. The van der Waals surface area contributed by atoms with E-state index in [-0.39, 0.29) is 17.8 Å². The van der Waals surface area contributed by atoms with E-state index in [9.17, 15) is 9.18 Å². The van der Waals surface area contributed by atoms with Crippen LogP contribution in [0.25, 0.3) is 0 Å². The number of hydrogen-bond acceptors (Lipinski definition) is 2. The molecule has 3 nitrogen and oxygen atoms in total. The number of rotatable bonds is 6. The number of likely N-dealkylation sites (tertiary alicyclic amines) is 1. The van der Waals surface area contributed by atoms with Gasteiger partial charge in [0.2, 0.25) is 0 Å². The van der Waals surface area contributed by atoms with Crippen molar-refractivity contribution in [3.05, 3.63) is 78.6 Å². The molecule has 0 N–H and O–H groups in total. The van der Waals surface area contributed by atoms with Gasteiger partial charge in [0.25, 0.3) is 5.91 Å². The van der Waals surface area contributed by atoms with Gasteiger partial charge in [-0.3, -0.25) is 4.79 Å². The molecule has 0 atom stereocenters. The van der Waals surface area contributed by atoms with E-state index in [1.807, 2.05) is 6.07 Å². The van der Waals surface area contributed by atoms with E-state index in [1.54, 1.807) is 17.0 Å². The summed E-state index contributed by atoms with van der Waals surface area (Å²) >= 11 is 0. The Morgan fingerprint density at radius 1 is 1.15 bits per heavy atom. The SMILES string of the molecule is C=CC(=O)N(c1cccc(F)c1)C1CCN(CCc2ccccc2)CC1. The van der Waals surface area contributed by atoms with Crippen LogP contribution in [0, 0.1) is 5.82 Å². The lowest BCUT2D eigenvalue weighted by Gasteiger charge is -2.38. The highest BCUT2D eigenvalue weighted by atomic mass is 19.1. The minimum Gasteiger partial charge on any atom is -0.306 e. The van der Waals surface area contributed by atoms with E-state index in [0.717, 1.165) is 38.9 Å². The van der Waals surface area contributed by atoms with Crippen molar-refractivity contribution in [3.8, 4) is 0 Å². The summed E-state index contributed by atoms with van der Waals surface area (Å²) in [5.41, 5.74) is 1.95. The Kier molecular flexibility index (Phi) is 6.18. The third-order valence-electron chi connectivity index (χ3n) is 4.98. The van der Waals surface area contributed by atoms with Gasteiger partial charge in [0, 0.05) is 31.4 Å². The average molecular weight is 352 g/mol. The molecule has 1 saturated heterocycles. The number of carbonyl (C=O) groups excluding carboxylic acids is 1. The minimum atomic E-state index is -0.329. The molecule has 1 amide bonds. The fourth-order valence-corrected chi connectivity index (χ4v) is 3.58. The van der Waals surface area contributed by atoms with Crippen molar-refractivity contribution in [1.82, 2.24) is 4.90 Å². The maximum Gasteiger partial charge on any atom is 0.250 e. The summed E-state index contributed by atoms with van der Waals surface area (Å²) in [6, 6.07) is 16.8. The molecule has 1 aliphatic rings. The summed E-state index contributed by atoms with van der Waals surface area (Å²) in [6.45, 7) is 6.50. The normalized spacial score (nSPS) is 15.6. The summed E-state index contributed by atoms with van der Waals surface area (Å²) in [6.07, 6.45) is 4.10. The van der Waals surface area contributed by atoms with Crippen LogP contribution < -0.4 is 4.90 Å². The molecule has 1 aliphatic heterocycles. The fourth-order valence-electron chi connectivity index (χ4n) is 3.58. The molecule has 136 valence electrons. The molecular formula is C22H25FN2O. The average Bonchev–Trinajstić information content (AvgIpc) is 2.68. The summed E-state index contributed by atoms with van der Waals surface area (Å²) in [5, 5.41) is 0. The smallest absolute Gasteiger partial charge is 0.250 e. The minimum absolute atomic E-state index is 0.0790. The molecule has 0 aliphatic carbocycles. The van der Waals surface area contributed by atoms with E-state index in [0.29, 0.717) is 5.69 Å². The molecule has 4 heteroatoms. The second-order valence-corrected chi connectivity index (χ2v) is 6.70. The molecular weight excluding hydrogens is 327 g/mol. The van der Waals surface area contributed by atoms with Gasteiger partial charge in [-0.15, -0.1) is 0 Å². The van der Waals surface area contributed by atoms with Gasteiger partial charge in [-0.25, -0.2) is 4.39 Å². The van der Waals surface area contributed by atoms with Crippen molar-refractivity contribution in [1.29, 1.82) is 0 Å². The van der Waals surface area contributed by atoms with Gasteiger partial charge in [0.05, 0.1) is 0 Å². The first-order chi connectivity index (χ1) is 12.7. The first-order valence-electron chi connectivity index (χ1n) is 9.15. The van der Waals surface area contributed by atoms with Crippen LogP contribution in [0.15, 0.2) is 67.3 Å². The van der Waals surface area contributed by atoms with E-state index < -0.39 is 0 Å². The van der Waals surface area contributed by atoms with E-state index >= 15 is 0 Å². The highest BCUT2D eigenvalue weighted by molar-refractivity contribution is 6.01. The van der Waals surface area contributed by atoms with Crippen molar-refractivity contribution >= 4 is 11.6 Å². The maximum atomic E-state index is 13.6. The zero-order valence-electron chi connectivity index (χ0n) is 15.0. The van der Waals surface area contributed by atoms with Gasteiger partial charge >= 0.3 is 0 Å². The standard InChI is InChI=1S/C22H25FN2O/c1-2-22(26)25(21-10-6-9-19(23)17-21)20-12-15-24(16-13-20)14-11-18-7-4-3-5-8-18/h2-10,17,20H,1,11-16H2. The van der Waals surface area contributed by atoms with Crippen LogP contribution in [0.2, 0.25) is 0 Å². The number of halogens is 1. The van der Waals surface area contributed by atoms with Crippen LogP contribution in [0.5, 0.6) is 0 Å². The zero-order valence-corrected chi connectivity index (χ0v) is 15.0. The fraction of sp³-hybridized carbons (Fsp3) is 0.318. The van der Waals surface area contributed by atoms with E-state index in [4.69, 9.17) is 0 Å². The van der Waals surface area contributed by atoms with Gasteiger partial charge in [-0.05, 0) is 49.1 Å². The first-order valence-corrected chi connectivity index (χ1v) is 9.15. The van der Waals surface area contributed by atoms with Gasteiger partial charge in [-0.2, -0.15) is 0 Å². The molecule has 0 unspecified atom stereocenters. The number of hydrogen-bond donors (Lipinski definition) is 0. The van der Waals surface area contributed by atoms with Crippen molar-refractivity contribution in [2.24, 2.45) is 0 Å². The Balaban J connectivity index is 1.61. The number of anilines is 1. The molecule has 2 aromatic carbocycles. The Hall–Kier alpha value is -2.46. The van der Waals surface area contributed by atoms with Crippen LogP contribution >= 0.6 is 0 Å². The molecule has 0 bridgehead atoms. The Morgan fingerprint density at radius 3 is 2.54 bits per heavy atom. The van der Waals surface area contributed by atoms with Crippen molar-refractivity contribution in [2.75, 3.05) is 24.5 Å². The molecule has 26 heavy (non-hydrogen) atoms. The quantitative estimate of drug-likeness (QED) is 0.732. The molecule has 3 rings (SSSR count). The predicted molar refractivity (Wildman–Crippen MR) is 104 cm³/mol. The lowest BCUT2D eigenvalue weighted by Crippen LogP contribution is -2.47. The molecule has 0 aromatic heterocycles. The Morgan fingerprint density at radius 2 is 1.88 bits per heavy atom. The number of nitrogens with zero attached hydrogens (tertiary/aromatic N) is 2. The Labute approximate surface area is 154 Å². The number of piperidine rings is 1.